The van der Waals surface area contributed by atoms with Crippen molar-refractivity contribution in [1.29, 1.82) is 5.26 Å². The summed E-state index contributed by atoms with van der Waals surface area (Å²) >= 11 is 0. The van der Waals surface area contributed by atoms with Crippen LogP contribution in [0.3, 0.4) is 0 Å². The summed E-state index contributed by atoms with van der Waals surface area (Å²) in [5.74, 6) is -1.66. The third kappa shape index (κ3) is 3.26. The van der Waals surface area contributed by atoms with E-state index in [1.165, 1.54) is 12.1 Å². The van der Waals surface area contributed by atoms with Crippen molar-refractivity contribution >= 4 is 22.6 Å². The van der Waals surface area contributed by atoms with Crippen LogP contribution in [0, 0.1) is 11.3 Å². The summed E-state index contributed by atoms with van der Waals surface area (Å²) in [7, 11) is 0. The Bertz CT molecular complexity index is 1190. The van der Waals surface area contributed by atoms with Crippen molar-refractivity contribution in [2.45, 2.75) is 6.10 Å². The van der Waals surface area contributed by atoms with Crippen LogP contribution in [-0.4, -0.2) is 36.3 Å². The number of primary amides is 1. The number of ether oxygens (including phenoxy) is 2. The number of benzene rings is 3. The van der Waals surface area contributed by atoms with E-state index in [1.807, 2.05) is 18.2 Å². The van der Waals surface area contributed by atoms with E-state index in [9.17, 15) is 20.0 Å². The fraction of sp³-hybridized carbons (Fsp3) is 0.136. The molecule has 1 heterocycles. The summed E-state index contributed by atoms with van der Waals surface area (Å²) in [4.78, 5) is 24.1. The van der Waals surface area contributed by atoms with Gasteiger partial charge in [-0.3, -0.25) is 4.79 Å². The van der Waals surface area contributed by atoms with Crippen molar-refractivity contribution in [3.8, 4) is 22.9 Å². The van der Waals surface area contributed by atoms with Gasteiger partial charge in [-0.2, -0.15) is 5.26 Å². The van der Waals surface area contributed by atoms with Crippen molar-refractivity contribution in [2.24, 2.45) is 5.73 Å². The number of carboxylic acids is 1. The van der Waals surface area contributed by atoms with E-state index in [-0.39, 0.29) is 34.1 Å². The lowest BCUT2D eigenvalue weighted by molar-refractivity contribution is -0.0797. The fourth-order valence-electron chi connectivity index (χ4n) is 3.38. The summed E-state index contributed by atoms with van der Waals surface area (Å²) < 4.78 is 10.9. The Hall–Kier alpha value is -3.89. The van der Waals surface area contributed by atoms with E-state index >= 15 is 0 Å². The highest BCUT2D eigenvalue weighted by Crippen LogP contribution is 2.38. The zero-order chi connectivity index (χ0) is 20.5. The molecule has 7 nitrogen and oxygen atoms in total. The SMILES string of the molecule is N#Cc1cc(C(=O)O)c(-c2c(C(N)=O)ccc3ccccc23)cc1OC1COC1. The molecule has 3 N–H and O–H groups in total. The van der Waals surface area contributed by atoms with Crippen LogP contribution >= 0.6 is 0 Å². The van der Waals surface area contributed by atoms with Gasteiger partial charge in [0.25, 0.3) is 0 Å². The molecule has 144 valence electrons. The molecule has 1 saturated heterocycles. The van der Waals surface area contributed by atoms with Gasteiger partial charge in [-0.25, -0.2) is 4.79 Å². The third-order valence-electron chi connectivity index (χ3n) is 4.84. The van der Waals surface area contributed by atoms with Gasteiger partial charge in [-0.15, -0.1) is 0 Å². The lowest BCUT2D eigenvalue weighted by Crippen LogP contribution is -2.38. The van der Waals surface area contributed by atoms with Gasteiger partial charge in [0, 0.05) is 16.7 Å². The van der Waals surface area contributed by atoms with Crippen molar-refractivity contribution < 1.29 is 24.2 Å². The van der Waals surface area contributed by atoms with Gasteiger partial charge in [0.1, 0.15) is 17.9 Å². The molecule has 0 saturated carbocycles. The number of carboxylic acid groups (broad SMARTS) is 1. The number of nitrogens with zero attached hydrogens (tertiary/aromatic N) is 1. The van der Waals surface area contributed by atoms with Crippen molar-refractivity contribution in [3.63, 3.8) is 0 Å². The zero-order valence-electron chi connectivity index (χ0n) is 15.2. The predicted molar refractivity (Wildman–Crippen MR) is 105 cm³/mol. The second kappa shape index (κ2) is 7.26. The van der Waals surface area contributed by atoms with Crippen LogP contribution in [0.4, 0.5) is 0 Å². The molecule has 0 bridgehead atoms. The molecule has 1 fully saturated rings. The fourth-order valence-corrected chi connectivity index (χ4v) is 3.38. The molecular formula is C22H16N2O5. The van der Waals surface area contributed by atoms with E-state index in [0.717, 1.165) is 5.39 Å². The molecule has 7 heteroatoms. The van der Waals surface area contributed by atoms with Gasteiger partial charge >= 0.3 is 5.97 Å². The molecule has 0 aliphatic carbocycles. The first-order valence-corrected chi connectivity index (χ1v) is 8.87. The van der Waals surface area contributed by atoms with Crippen LogP contribution < -0.4 is 10.5 Å². The average Bonchev–Trinajstić information content (AvgIpc) is 2.69. The molecule has 0 radical (unpaired) electrons. The highest BCUT2D eigenvalue weighted by atomic mass is 16.6. The summed E-state index contributed by atoms with van der Waals surface area (Å²) in [5, 5.41) is 20.8. The quantitative estimate of drug-likeness (QED) is 0.693. The smallest absolute Gasteiger partial charge is 0.336 e. The van der Waals surface area contributed by atoms with E-state index < -0.39 is 11.9 Å². The maximum absolute atomic E-state index is 12.1. The van der Waals surface area contributed by atoms with E-state index in [0.29, 0.717) is 24.2 Å². The molecule has 0 aromatic heterocycles. The number of nitrogens with two attached hydrogens (primary N) is 1. The topological polar surface area (TPSA) is 123 Å². The number of nitriles is 1. The molecule has 1 aliphatic heterocycles. The molecule has 29 heavy (non-hydrogen) atoms. The Kier molecular flexibility index (Phi) is 4.63. The van der Waals surface area contributed by atoms with Crippen LogP contribution in [0.25, 0.3) is 21.9 Å². The number of carbonyl (C=O) groups is 2. The number of aromatic carboxylic acids is 1. The Labute approximate surface area is 165 Å². The summed E-state index contributed by atoms with van der Waals surface area (Å²) in [5.41, 5.74) is 6.42. The lowest BCUT2D eigenvalue weighted by atomic mass is 9.89. The number of rotatable bonds is 5. The lowest BCUT2D eigenvalue weighted by Gasteiger charge is -2.27. The van der Waals surface area contributed by atoms with Gasteiger partial charge in [0.2, 0.25) is 5.91 Å². The van der Waals surface area contributed by atoms with Crippen molar-refractivity contribution in [3.05, 3.63) is 65.2 Å². The molecule has 0 unspecified atom stereocenters. The van der Waals surface area contributed by atoms with Gasteiger partial charge in [0.05, 0.1) is 24.3 Å². The van der Waals surface area contributed by atoms with Gasteiger partial charge in [0.15, 0.2) is 0 Å². The number of hydrogen-bond acceptors (Lipinski definition) is 5. The Balaban J connectivity index is 2.04. The van der Waals surface area contributed by atoms with E-state index in [2.05, 4.69) is 0 Å². The van der Waals surface area contributed by atoms with E-state index in [1.54, 1.807) is 24.3 Å². The first kappa shape index (κ1) is 18.5. The maximum atomic E-state index is 12.1. The number of amides is 1. The number of hydrogen-bond donors (Lipinski definition) is 2. The minimum absolute atomic E-state index is 0.0962. The summed E-state index contributed by atoms with van der Waals surface area (Å²) in [6.07, 6.45) is -0.214. The van der Waals surface area contributed by atoms with Crippen molar-refractivity contribution in [1.82, 2.24) is 0 Å². The summed E-state index contributed by atoms with van der Waals surface area (Å²) in [6.45, 7) is 0.781. The molecule has 1 aliphatic rings. The van der Waals surface area contributed by atoms with Gasteiger partial charge < -0.3 is 20.3 Å². The maximum Gasteiger partial charge on any atom is 0.336 e. The predicted octanol–water partition coefficient (Wildman–Crippen LogP) is 2.95. The minimum atomic E-state index is -1.22. The molecule has 1 amide bonds. The molecule has 0 atom stereocenters. The first-order valence-electron chi connectivity index (χ1n) is 8.87. The van der Waals surface area contributed by atoms with E-state index in [4.69, 9.17) is 15.2 Å². The number of carbonyl (C=O) groups excluding carboxylic acids is 1. The van der Waals surface area contributed by atoms with Crippen LogP contribution in [0.15, 0.2) is 48.5 Å². The van der Waals surface area contributed by atoms with Crippen LogP contribution in [0.5, 0.6) is 5.75 Å². The monoisotopic (exact) mass is 388 g/mol. The number of fused-ring (bicyclic) bond motifs is 1. The Morgan fingerprint density at radius 2 is 1.90 bits per heavy atom. The molecule has 3 aromatic rings. The second-order valence-corrected chi connectivity index (χ2v) is 6.66. The standard InChI is InChI=1S/C22H16N2O5/c23-9-13-7-18(22(26)27)17(8-19(13)29-14-10-28-11-14)20-15-4-2-1-3-12(15)5-6-16(20)21(24)25/h1-8,14H,10-11H2,(H2,24,25)(H,26,27). The van der Waals surface area contributed by atoms with Gasteiger partial charge in [-0.05, 0) is 29.0 Å². The molecule has 0 spiro atoms. The van der Waals surface area contributed by atoms with Crippen molar-refractivity contribution in [2.75, 3.05) is 13.2 Å². The molecule has 3 aromatic carbocycles. The van der Waals surface area contributed by atoms with Gasteiger partial charge in [-0.1, -0.05) is 30.3 Å². The third-order valence-corrected chi connectivity index (χ3v) is 4.84. The highest BCUT2D eigenvalue weighted by Gasteiger charge is 2.26. The van der Waals surface area contributed by atoms with Crippen LogP contribution in [0.1, 0.15) is 26.3 Å². The van der Waals surface area contributed by atoms with Crippen LogP contribution in [-0.2, 0) is 4.74 Å². The zero-order valence-corrected chi connectivity index (χ0v) is 15.2. The Morgan fingerprint density at radius 1 is 1.14 bits per heavy atom. The molecule has 4 rings (SSSR count). The first-order chi connectivity index (χ1) is 14.0. The largest absolute Gasteiger partial charge is 0.484 e. The minimum Gasteiger partial charge on any atom is -0.484 e. The normalized spacial score (nSPS) is 13.5. The second-order valence-electron chi connectivity index (χ2n) is 6.66. The highest BCUT2D eigenvalue weighted by molar-refractivity contribution is 6.12. The Morgan fingerprint density at radius 3 is 2.52 bits per heavy atom. The molecular weight excluding hydrogens is 372 g/mol. The van der Waals surface area contributed by atoms with Crippen LogP contribution in [0.2, 0.25) is 0 Å². The average molecular weight is 388 g/mol. The summed E-state index contributed by atoms with van der Waals surface area (Å²) in [6, 6.07) is 15.4.